The van der Waals surface area contributed by atoms with Gasteiger partial charge in [0.15, 0.2) is 0 Å². The maximum Gasteiger partial charge on any atom is 0.125 e. The molecule has 20 heavy (non-hydrogen) atoms. The summed E-state index contributed by atoms with van der Waals surface area (Å²) in [5.74, 6) is 0.778. The second-order valence-electron chi connectivity index (χ2n) is 5.17. The van der Waals surface area contributed by atoms with E-state index in [1.165, 1.54) is 36.0 Å². The predicted molar refractivity (Wildman–Crippen MR) is 82.1 cm³/mol. The predicted octanol–water partition coefficient (Wildman–Crippen LogP) is 3.87. The van der Waals surface area contributed by atoms with E-state index in [0.717, 1.165) is 11.3 Å². The molecule has 0 saturated carbocycles. The number of benzene rings is 2. The second kappa shape index (κ2) is 5.86. The van der Waals surface area contributed by atoms with Crippen molar-refractivity contribution < 1.29 is 4.74 Å². The zero-order chi connectivity index (χ0) is 13.9. The fraction of sp³-hybridized carbons (Fsp3) is 0.294. The molecule has 3 heteroatoms. The Hall–Kier alpha value is -1.51. The van der Waals surface area contributed by atoms with Crippen molar-refractivity contribution >= 4 is 11.6 Å². The van der Waals surface area contributed by atoms with Gasteiger partial charge in [-0.25, -0.2) is 0 Å². The Morgan fingerprint density at radius 3 is 2.80 bits per heavy atom. The van der Waals surface area contributed by atoms with E-state index in [9.17, 15) is 0 Å². The van der Waals surface area contributed by atoms with Crippen molar-refractivity contribution in [1.82, 2.24) is 0 Å². The van der Waals surface area contributed by atoms with Gasteiger partial charge >= 0.3 is 0 Å². The minimum Gasteiger partial charge on any atom is -0.489 e. The summed E-state index contributed by atoms with van der Waals surface area (Å²) in [4.78, 5) is 0. The first-order chi connectivity index (χ1) is 9.78. The first kappa shape index (κ1) is 13.5. The van der Waals surface area contributed by atoms with Gasteiger partial charge in [0.2, 0.25) is 0 Å². The summed E-state index contributed by atoms with van der Waals surface area (Å²) in [7, 11) is 0. The Morgan fingerprint density at radius 2 is 1.95 bits per heavy atom. The maximum absolute atomic E-state index is 6.13. The van der Waals surface area contributed by atoms with Gasteiger partial charge in [0, 0.05) is 17.1 Å². The number of hydrogen-bond acceptors (Lipinski definition) is 2. The van der Waals surface area contributed by atoms with Crippen LogP contribution in [-0.2, 0) is 26.0 Å². The molecule has 3 rings (SSSR count). The van der Waals surface area contributed by atoms with E-state index in [0.29, 0.717) is 18.2 Å². The quantitative estimate of drug-likeness (QED) is 0.926. The molecule has 0 heterocycles. The number of halogens is 1. The van der Waals surface area contributed by atoms with E-state index in [1.54, 1.807) is 0 Å². The summed E-state index contributed by atoms with van der Waals surface area (Å²) in [5.41, 5.74) is 10.8. The van der Waals surface area contributed by atoms with Gasteiger partial charge in [0.1, 0.15) is 12.4 Å². The van der Waals surface area contributed by atoms with Crippen LogP contribution in [0.25, 0.3) is 0 Å². The van der Waals surface area contributed by atoms with Crippen LogP contribution in [0.4, 0.5) is 0 Å². The Labute approximate surface area is 124 Å². The molecule has 0 aliphatic heterocycles. The molecule has 0 radical (unpaired) electrons. The molecule has 2 nitrogen and oxygen atoms in total. The normalized spacial score (nSPS) is 13.3. The lowest BCUT2D eigenvalue weighted by Gasteiger charge is -2.12. The van der Waals surface area contributed by atoms with Crippen LogP contribution in [0.3, 0.4) is 0 Å². The number of rotatable bonds is 4. The third-order valence-electron chi connectivity index (χ3n) is 3.84. The van der Waals surface area contributed by atoms with Gasteiger partial charge in [-0.05, 0) is 48.1 Å². The summed E-state index contributed by atoms with van der Waals surface area (Å²) in [6.45, 7) is 0.944. The molecular formula is C17H18ClNO. The van der Waals surface area contributed by atoms with E-state index in [1.807, 2.05) is 18.2 Å². The molecule has 2 aromatic carbocycles. The van der Waals surface area contributed by atoms with Gasteiger partial charge in [0.05, 0.1) is 0 Å². The standard InChI is InChI=1S/C17H18ClNO/c18-16-5-2-6-17(15(16)10-19)20-11-12-7-8-13-3-1-4-14(13)9-12/h2,5-9H,1,3-4,10-11,19H2. The number of ether oxygens (including phenoxy) is 1. The molecular weight excluding hydrogens is 270 g/mol. The molecule has 0 aromatic heterocycles. The minimum atomic E-state index is 0.388. The molecule has 0 unspecified atom stereocenters. The molecule has 0 amide bonds. The summed E-state index contributed by atoms with van der Waals surface area (Å²) in [6.07, 6.45) is 3.67. The van der Waals surface area contributed by atoms with Crippen LogP contribution >= 0.6 is 11.6 Å². The fourth-order valence-electron chi connectivity index (χ4n) is 2.75. The third kappa shape index (κ3) is 2.67. The molecule has 0 atom stereocenters. The molecule has 2 aromatic rings. The van der Waals surface area contributed by atoms with Crippen LogP contribution in [0.1, 0.15) is 28.7 Å². The zero-order valence-corrected chi connectivity index (χ0v) is 12.1. The van der Waals surface area contributed by atoms with Crippen LogP contribution in [0.2, 0.25) is 5.02 Å². The van der Waals surface area contributed by atoms with E-state index in [-0.39, 0.29) is 0 Å². The first-order valence-corrected chi connectivity index (χ1v) is 7.36. The molecule has 0 bridgehead atoms. The van der Waals surface area contributed by atoms with Gasteiger partial charge in [0.25, 0.3) is 0 Å². The van der Waals surface area contributed by atoms with Crippen LogP contribution < -0.4 is 10.5 Å². The monoisotopic (exact) mass is 287 g/mol. The van der Waals surface area contributed by atoms with Crippen molar-refractivity contribution in [3.63, 3.8) is 0 Å². The van der Waals surface area contributed by atoms with Crippen LogP contribution in [0.15, 0.2) is 36.4 Å². The third-order valence-corrected chi connectivity index (χ3v) is 4.19. The van der Waals surface area contributed by atoms with Crippen molar-refractivity contribution in [1.29, 1.82) is 0 Å². The summed E-state index contributed by atoms with van der Waals surface area (Å²) < 4.78 is 5.89. The highest BCUT2D eigenvalue weighted by Crippen LogP contribution is 2.27. The Balaban J connectivity index is 1.75. The highest BCUT2D eigenvalue weighted by molar-refractivity contribution is 6.31. The average Bonchev–Trinajstić information content (AvgIpc) is 2.92. The molecule has 1 aliphatic rings. The van der Waals surface area contributed by atoms with E-state index < -0.39 is 0 Å². The van der Waals surface area contributed by atoms with Crippen LogP contribution in [-0.4, -0.2) is 0 Å². The lowest BCUT2D eigenvalue weighted by Crippen LogP contribution is -2.03. The van der Waals surface area contributed by atoms with Crippen molar-refractivity contribution in [3.8, 4) is 5.75 Å². The maximum atomic E-state index is 6.13. The van der Waals surface area contributed by atoms with Crippen molar-refractivity contribution in [2.75, 3.05) is 0 Å². The van der Waals surface area contributed by atoms with Crippen molar-refractivity contribution in [2.45, 2.75) is 32.4 Å². The second-order valence-corrected chi connectivity index (χ2v) is 5.57. The lowest BCUT2D eigenvalue weighted by atomic mass is 10.1. The first-order valence-electron chi connectivity index (χ1n) is 6.99. The minimum absolute atomic E-state index is 0.388. The number of aryl methyl sites for hydroxylation is 2. The van der Waals surface area contributed by atoms with Crippen molar-refractivity contribution in [3.05, 3.63) is 63.7 Å². The average molecular weight is 288 g/mol. The number of nitrogens with two attached hydrogens (primary N) is 1. The lowest BCUT2D eigenvalue weighted by molar-refractivity contribution is 0.303. The Bertz CT molecular complexity index is 624. The smallest absolute Gasteiger partial charge is 0.125 e. The number of hydrogen-bond donors (Lipinski definition) is 1. The highest BCUT2D eigenvalue weighted by atomic mass is 35.5. The van der Waals surface area contributed by atoms with Gasteiger partial charge < -0.3 is 10.5 Å². The zero-order valence-electron chi connectivity index (χ0n) is 11.4. The Kier molecular flexibility index (Phi) is 3.95. The highest BCUT2D eigenvalue weighted by Gasteiger charge is 2.11. The van der Waals surface area contributed by atoms with Crippen molar-refractivity contribution in [2.24, 2.45) is 5.73 Å². The largest absolute Gasteiger partial charge is 0.489 e. The molecule has 104 valence electrons. The van der Waals surface area contributed by atoms with Crippen LogP contribution in [0.5, 0.6) is 5.75 Å². The van der Waals surface area contributed by atoms with Gasteiger partial charge in [-0.15, -0.1) is 0 Å². The fourth-order valence-corrected chi connectivity index (χ4v) is 2.99. The topological polar surface area (TPSA) is 35.2 Å². The van der Waals surface area contributed by atoms with E-state index in [4.69, 9.17) is 22.1 Å². The van der Waals surface area contributed by atoms with Gasteiger partial charge in [-0.2, -0.15) is 0 Å². The molecule has 0 fully saturated rings. The van der Waals surface area contributed by atoms with Gasteiger partial charge in [-0.1, -0.05) is 35.9 Å². The Morgan fingerprint density at radius 1 is 1.10 bits per heavy atom. The molecule has 0 saturated heterocycles. The summed E-state index contributed by atoms with van der Waals surface area (Å²) in [6, 6.07) is 12.3. The van der Waals surface area contributed by atoms with E-state index >= 15 is 0 Å². The molecule has 0 spiro atoms. The molecule has 2 N–H and O–H groups in total. The molecule has 1 aliphatic carbocycles. The number of fused-ring (bicyclic) bond motifs is 1. The van der Waals surface area contributed by atoms with Crippen LogP contribution in [0, 0.1) is 0 Å². The van der Waals surface area contributed by atoms with Gasteiger partial charge in [-0.3, -0.25) is 0 Å². The van der Waals surface area contributed by atoms with E-state index in [2.05, 4.69) is 18.2 Å². The summed E-state index contributed by atoms with van der Waals surface area (Å²) in [5, 5.41) is 0.666. The summed E-state index contributed by atoms with van der Waals surface area (Å²) >= 11 is 6.13. The SMILES string of the molecule is NCc1c(Cl)cccc1OCc1ccc2c(c1)CCC2.